The number of rotatable bonds is 5. The molecule has 0 atom stereocenters. The number of hydrogen-bond donors (Lipinski definition) is 0. The van der Waals surface area contributed by atoms with E-state index in [2.05, 4.69) is 19.6 Å². The first kappa shape index (κ1) is 13.5. The molecule has 0 aliphatic rings. The van der Waals surface area contributed by atoms with E-state index < -0.39 is 13.0 Å². The van der Waals surface area contributed by atoms with Gasteiger partial charge in [-0.25, -0.2) is 0 Å². The van der Waals surface area contributed by atoms with Crippen molar-refractivity contribution >= 4 is 13.8 Å². The zero-order valence-corrected chi connectivity index (χ0v) is 11.5. The van der Waals surface area contributed by atoms with Gasteiger partial charge in [-0.1, -0.05) is 19.6 Å². The lowest BCUT2D eigenvalue weighted by molar-refractivity contribution is -0.385. The van der Waals surface area contributed by atoms with Gasteiger partial charge in [0, 0.05) is 6.07 Å². The van der Waals surface area contributed by atoms with Crippen molar-refractivity contribution in [3.63, 3.8) is 0 Å². The number of benzene rings is 1. The molecule has 0 spiro atoms. The van der Waals surface area contributed by atoms with E-state index in [1.807, 2.05) is 0 Å². The minimum atomic E-state index is -1.37. The van der Waals surface area contributed by atoms with Gasteiger partial charge in [-0.2, -0.15) is 0 Å². The summed E-state index contributed by atoms with van der Waals surface area (Å²) in [6, 6.07) is 4.36. The maximum atomic E-state index is 10.7. The second-order valence-corrected chi connectivity index (χ2v) is 10.4. The molecule has 0 aliphatic heterocycles. The lowest BCUT2D eigenvalue weighted by Crippen LogP contribution is -2.30. The number of methoxy groups -OCH3 is 1. The Morgan fingerprint density at radius 1 is 1.29 bits per heavy atom. The summed E-state index contributed by atoms with van der Waals surface area (Å²) in [6.07, 6.45) is 0.602. The first-order chi connectivity index (χ1) is 7.83. The zero-order chi connectivity index (χ0) is 13.1. The van der Waals surface area contributed by atoms with Crippen LogP contribution < -0.4 is 9.47 Å². The lowest BCUT2D eigenvalue weighted by Gasteiger charge is -2.18. The van der Waals surface area contributed by atoms with Crippen molar-refractivity contribution in [3.8, 4) is 11.5 Å². The SMILES string of the molecule is COc1ccc([N+](=O)[O-])cc1OC[Si](C)(C)C. The monoisotopic (exact) mass is 255 g/mol. The van der Waals surface area contributed by atoms with E-state index in [4.69, 9.17) is 9.47 Å². The average molecular weight is 255 g/mol. The molecule has 1 rings (SSSR count). The van der Waals surface area contributed by atoms with Crippen molar-refractivity contribution in [1.29, 1.82) is 0 Å². The fourth-order valence-corrected chi connectivity index (χ4v) is 1.77. The van der Waals surface area contributed by atoms with Gasteiger partial charge in [0.1, 0.15) is 0 Å². The Bertz CT molecular complexity index is 414. The standard InChI is InChI=1S/C11H17NO4Si/c1-15-10-6-5-9(12(13)14)7-11(10)16-8-17(2,3)4/h5-7H,8H2,1-4H3. The van der Waals surface area contributed by atoms with Crippen molar-refractivity contribution in [2.24, 2.45) is 0 Å². The van der Waals surface area contributed by atoms with Crippen LogP contribution in [0.3, 0.4) is 0 Å². The normalized spacial score (nSPS) is 11.1. The molecule has 94 valence electrons. The summed E-state index contributed by atoms with van der Waals surface area (Å²) >= 11 is 0. The highest BCUT2D eigenvalue weighted by Gasteiger charge is 2.17. The third-order valence-electron chi connectivity index (χ3n) is 2.02. The summed E-state index contributed by atoms with van der Waals surface area (Å²) in [6.45, 7) is 6.49. The van der Waals surface area contributed by atoms with Crippen LogP contribution in [0.1, 0.15) is 0 Å². The molecule has 17 heavy (non-hydrogen) atoms. The number of nitro groups is 1. The maximum Gasteiger partial charge on any atom is 0.273 e. The molecular formula is C11H17NO4Si. The predicted octanol–water partition coefficient (Wildman–Crippen LogP) is 2.86. The molecule has 1 aromatic carbocycles. The molecular weight excluding hydrogens is 238 g/mol. The molecule has 5 nitrogen and oxygen atoms in total. The van der Waals surface area contributed by atoms with E-state index in [1.54, 1.807) is 6.07 Å². The zero-order valence-electron chi connectivity index (χ0n) is 10.5. The van der Waals surface area contributed by atoms with Gasteiger partial charge in [0.05, 0.1) is 32.4 Å². The predicted molar refractivity (Wildman–Crippen MR) is 68.5 cm³/mol. The first-order valence-electron chi connectivity index (χ1n) is 5.29. The van der Waals surface area contributed by atoms with Gasteiger partial charge in [0.25, 0.3) is 5.69 Å². The Kier molecular flexibility index (Phi) is 4.11. The highest BCUT2D eigenvalue weighted by Crippen LogP contribution is 2.31. The van der Waals surface area contributed by atoms with Crippen molar-refractivity contribution in [3.05, 3.63) is 28.3 Å². The Labute approximate surface area is 102 Å². The van der Waals surface area contributed by atoms with Crippen LogP contribution in [-0.2, 0) is 0 Å². The number of hydrogen-bond acceptors (Lipinski definition) is 4. The fourth-order valence-electron chi connectivity index (χ4n) is 1.19. The number of nitrogens with zero attached hydrogens (tertiary/aromatic N) is 1. The highest BCUT2D eigenvalue weighted by molar-refractivity contribution is 6.76. The molecule has 0 saturated heterocycles. The second kappa shape index (κ2) is 5.18. The summed E-state index contributed by atoms with van der Waals surface area (Å²) in [5.41, 5.74) is 0.0105. The maximum absolute atomic E-state index is 10.7. The van der Waals surface area contributed by atoms with Gasteiger partial charge in [-0.15, -0.1) is 0 Å². The molecule has 0 aliphatic carbocycles. The van der Waals surface area contributed by atoms with E-state index in [0.717, 1.165) is 0 Å². The molecule has 0 bridgehead atoms. The van der Waals surface area contributed by atoms with Gasteiger partial charge < -0.3 is 9.47 Å². The van der Waals surface area contributed by atoms with Crippen molar-refractivity contribution in [2.45, 2.75) is 19.6 Å². The van der Waals surface area contributed by atoms with E-state index in [1.165, 1.54) is 19.2 Å². The van der Waals surface area contributed by atoms with E-state index in [9.17, 15) is 10.1 Å². The van der Waals surface area contributed by atoms with Gasteiger partial charge >= 0.3 is 0 Å². The molecule has 0 fully saturated rings. The van der Waals surface area contributed by atoms with Crippen LogP contribution in [0.15, 0.2) is 18.2 Å². The largest absolute Gasteiger partial charge is 0.493 e. The first-order valence-corrected chi connectivity index (χ1v) is 8.99. The minimum Gasteiger partial charge on any atom is -0.493 e. The summed E-state index contributed by atoms with van der Waals surface area (Å²) in [7, 11) is 0.149. The van der Waals surface area contributed by atoms with Crippen LogP contribution in [0.2, 0.25) is 19.6 Å². The minimum absolute atomic E-state index is 0.0105. The number of non-ortho nitro benzene ring substituents is 1. The molecule has 0 unspecified atom stereocenters. The molecule has 0 heterocycles. The summed E-state index contributed by atoms with van der Waals surface area (Å²) in [5, 5.41) is 10.7. The summed E-state index contributed by atoms with van der Waals surface area (Å²) in [5.74, 6) is 0.956. The van der Waals surface area contributed by atoms with Gasteiger partial charge in [-0.05, 0) is 6.07 Å². The van der Waals surface area contributed by atoms with Crippen LogP contribution in [0.4, 0.5) is 5.69 Å². The highest BCUT2D eigenvalue weighted by atomic mass is 28.3. The topological polar surface area (TPSA) is 61.6 Å². The average Bonchev–Trinajstić information content (AvgIpc) is 2.24. The Morgan fingerprint density at radius 3 is 2.41 bits per heavy atom. The molecule has 0 radical (unpaired) electrons. The molecule has 0 saturated carbocycles. The molecule has 0 aromatic heterocycles. The number of ether oxygens (including phenoxy) is 2. The van der Waals surface area contributed by atoms with Gasteiger partial charge in [-0.3, -0.25) is 10.1 Å². The van der Waals surface area contributed by atoms with Crippen LogP contribution in [0, 0.1) is 10.1 Å². The third-order valence-corrected chi connectivity index (χ3v) is 3.03. The van der Waals surface area contributed by atoms with Crippen LogP contribution in [0.25, 0.3) is 0 Å². The van der Waals surface area contributed by atoms with Gasteiger partial charge in [0.2, 0.25) is 0 Å². The van der Waals surface area contributed by atoms with Crippen LogP contribution in [-0.4, -0.2) is 26.3 Å². The summed E-state index contributed by atoms with van der Waals surface area (Å²) in [4.78, 5) is 10.2. The van der Waals surface area contributed by atoms with Crippen LogP contribution >= 0.6 is 0 Å². The third kappa shape index (κ3) is 4.07. The Balaban J connectivity index is 2.94. The molecule has 0 N–H and O–H groups in total. The van der Waals surface area contributed by atoms with Gasteiger partial charge in [0.15, 0.2) is 11.5 Å². The fraction of sp³-hybridized carbons (Fsp3) is 0.455. The number of nitro benzene ring substituents is 1. The quantitative estimate of drug-likeness (QED) is 0.461. The second-order valence-electron chi connectivity index (χ2n) is 4.94. The summed E-state index contributed by atoms with van der Waals surface area (Å²) < 4.78 is 10.7. The molecule has 0 amide bonds. The van der Waals surface area contributed by atoms with Crippen molar-refractivity contribution < 1.29 is 14.4 Å². The smallest absolute Gasteiger partial charge is 0.273 e. The van der Waals surface area contributed by atoms with Crippen molar-refractivity contribution in [1.82, 2.24) is 0 Å². The molecule has 6 heteroatoms. The molecule has 1 aromatic rings. The van der Waals surface area contributed by atoms with Crippen molar-refractivity contribution in [2.75, 3.05) is 13.3 Å². The van der Waals surface area contributed by atoms with E-state index >= 15 is 0 Å². The Morgan fingerprint density at radius 2 is 1.94 bits per heavy atom. The van der Waals surface area contributed by atoms with Crippen LogP contribution in [0.5, 0.6) is 11.5 Å². The van der Waals surface area contributed by atoms with E-state index in [-0.39, 0.29) is 5.69 Å². The lowest BCUT2D eigenvalue weighted by atomic mass is 10.3. The Hall–Kier alpha value is -1.56. The van der Waals surface area contributed by atoms with E-state index in [0.29, 0.717) is 17.7 Å².